The number of halogens is 4. The Kier molecular flexibility index (Phi) is 5.91. The summed E-state index contributed by atoms with van der Waals surface area (Å²) in [5.41, 5.74) is 1.01. The molecule has 17 heavy (non-hydrogen) atoms. The summed E-state index contributed by atoms with van der Waals surface area (Å²) < 4.78 is 36.4. The van der Waals surface area contributed by atoms with Gasteiger partial charge in [0.05, 0.1) is 0 Å². The lowest BCUT2D eigenvalue weighted by atomic mass is 10.2. The standard InChI is InChI=1S/C11H14BrF3N2/c12-10-5-9(7-17-8-10)6-16-4-2-1-3-11(13,14)15/h5,7-8,16H,1-4,6H2. The molecule has 0 aromatic carbocycles. The van der Waals surface area contributed by atoms with Gasteiger partial charge < -0.3 is 5.32 Å². The van der Waals surface area contributed by atoms with E-state index in [4.69, 9.17) is 0 Å². The SMILES string of the molecule is FC(F)(F)CCCCNCc1cncc(Br)c1. The predicted molar refractivity (Wildman–Crippen MR) is 63.5 cm³/mol. The third kappa shape index (κ3) is 7.33. The molecule has 0 unspecified atom stereocenters. The molecule has 0 saturated carbocycles. The first kappa shape index (κ1) is 14.4. The molecule has 0 atom stereocenters. The molecule has 1 aromatic heterocycles. The number of pyridine rings is 1. The van der Waals surface area contributed by atoms with Crippen LogP contribution in [-0.2, 0) is 6.54 Å². The zero-order valence-corrected chi connectivity index (χ0v) is 10.8. The fraction of sp³-hybridized carbons (Fsp3) is 0.545. The number of hydrogen-bond acceptors (Lipinski definition) is 2. The first-order valence-corrected chi connectivity index (χ1v) is 6.13. The normalized spacial score (nSPS) is 11.8. The molecular formula is C11H14BrF3N2. The predicted octanol–water partition coefficient (Wildman–Crippen LogP) is 3.67. The van der Waals surface area contributed by atoms with Crippen molar-refractivity contribution in [2.45, 2.75) is 32.0 Å². The maximum atomic E-state index is 11.8. The van der Waals surface area contributed by atoms with Gasteiger partial charge in [0.25, 0.3) is 0 Å². The number of nitrogens with one attached hydrogen (secondary N) is 1. The van der Waals surface area contributed by atoms with E-state index >= 15 is 0 Å². The molecule has 0 bridgehead atoms. The summed E-state index contributed by atoms with van der Waals surface area (Å²) in [6.45, 7) is 1.21. The first-order valence-electron chi connectivity index (χ1n) is 5.34. The van der Waals surface area contributed by atoms with E-state index in [0.717, 1.165) is 10.0 Å². The molecule has 2 nitrogen and oxygen atoms in total. The molecule has 0 saturated heterocycles. The highest BCUT2D eigenvalue weighted by Gasteiger charge is 2.25. The average Bonchev–Trinajstić information content (AvgIpc) is 2.22. The van der Waals surface area contributed by atoms with Crippen LogP contribution in [0.2, 0.25) is 0 Å². The maximum Gasteiger partial charge on any atom is 0.389 e. The van der Waals surface area contributed by atoms with Gasteiger partial charge in [0.1, 0.15) is 0 Å². The molecule has 0 aliphatic carbocycles. The van der Waals surface area contributed by atoms with Gasteiger partial charge in [-0.05, 0) is 46.9 Å². The van der Waals surface area contributed by atoms with Crippen molar-refractivity contribution in [1.82, 2.24) is 10.3 Å². The second-order valence-electron chi connectivity index (χ2n) is 3.76. The summed E-state index contributed by atoms with van der Waals surface area (Å²) in [5, 5.41) is 3.09. The zero-order chi connectivity index (χ0) is 12.7. The van der Waals surface area contributed by atoms with Crippen LogP contribution in [-0.4, -0.2) is 17.7 Å². The Morgan fingerprint density at radius 1 is 1.24 bits per heavy atom. The number of nitrogens with zero attached hydrogens (tertiary/aromatic N) is 1. The van der Waals surface area contributed by atoms with Crippen LogP contribution in [0.25, 0.3) is 0 Å². The molecule has 1 rings (SSSR count). The van der Waals surface area contributed by atoms with Crippen molar-refractivity contribution in [3.63, 3.8) is 0 Å². The minimum atomic E-state index is -4.03. The van der Waals surface area contributed by atoms with Crippen LogP contribution in [0.4, 0.5) is 13.2 Å². The van der Waals surface area contributed by atoms with Crippen molar-refractivity contribution in [1.29, 1.82) is 0 Å². The van der Waals surface area contributed by atoms with Crippen LogP contribution >= 0.6 is 15.9 Å². The zero-order valence-electron chi connectivity index (χ0n) is 9.23. The Labute approximate surface area is 107 Å². The Balaban J connectivity index is 2.09. The van der Waals surface area contributed by atoms with E-state index in [0.29, 0.717) is 19.5 Å². The van der Waals surface area contributed by atoms with E-state index in [-0.39, 0.29) is 6.42 Å². The molecule has 96 valence electrons. The first-order chi connectivity index (χ1) is 7.97. The summed E-state index contributed by atoms with van der Waals surface area (Å²) >= 11 is 3.30. The van der Waals surface area contributed by atoms with Crippen molar-refractivity contribution in [3.8, 4) is 0 Å². The highest BCUT2D eigenvalue weighted by molar-refractivity contribution is 9.10. The van der Waals surface area contributed by atoms with Crippen molar-refractivity contribution in [3.05, 3.63) is 28.5 Å². The van der Waals surface area contributed by atoms with Crippen molar-refractivity contribution < 1.29 is 13.2 Å². The summed E-state index contributed by atoms with van der Waals surface area (Å²) in [6.07, 6.45) is -0.615. The molecule has 0 spiro atoms. The lowest BCUT2D eigenvalue weighted by Crippen LogP contribution is -2.16. The number of rotatable bonds is 6. The fourth-order valence-corrected chi connectivity index (χ4v) is 1.77. The van der Waals surface area contributed by atoms with Gasteiger partial charge in [-0.15, -0.1) is 0 Å². The maximum absolute atomic E-state index is 11.8. The van der Waals surface area contributed by atoms with Gasteiger partial charge in [-0.1, -0.05) is 0 Å². The Morgan fingerprint density at radius 3 is 2.65 bits per heavy atom. The molecule has 1 N–H and O–H groups in total. The number of aromatic nitrogens is 1. The smallest absolute Gasteiger partial charge is 0.313 e. The van der Waals surface area contributed by atoms with E-state index < -0.39 is 12.6 Å². The monoisotopic (exact) mass is 310 g/mol. The van der Waals surface area contributed by atoms with Crippen LogP contribution in [0.1, 0.15) is 24.8 Å². The van der Waals surface area contributed by atoms with Gasteiger partial charge in [0.2, 0.25) is 0 Å². The van der Waals surface area contributed by atoms with Gasteiger partial charge in [-0.2, -0.15) is 13.2 Å². The number of alkyl halides is 3. The van der Waals surface area contributed by atoms with Crippen molar-refractivity contribution >= 4 is 15.9 Å². The number of hydrogen-bond donors (Lipinski definition) is 1. The summed E-state index contributed by atoms with van der Waals surface area (Å²) in [5.74, 6) is 0. The lowest BCUT2D eigenvalue weighted by molar-refractivity contribution is -0.135. The highest BCUT2D eigenvalue weighted by atomic mass is 79.9. The molecule has 1 aromatic rings. The van der Waals surface area contributed by atoms with Crippen molar-refractivity contribution in [2.75, 3.05) is 6.54 Å². The quantitative estimate of drug-likeness (QED) is 0.811. The van der Waals surface area contributed by atoms with Gasteiger partial charge in [0, 0.05) is 29.8 Å². The summed E-state index contributed by atoms with van der Waals surface area (Å²) in [6, 6.07) is 1.93. The summed E-state index contributed by atoms with van der Waals surface area (Å²) in [7, 11) is 0. The molecule has 0 aliphatic heterocycles. The van der Waals surface area contributed by atoms with Crippen LogP contribution in [0.3, 0.4) is 0 Å². The Bertz CT molecular complexity index is 342. The second kappa shape index (κ2) is 6.96. The molecule has 0 radical (unpaired) electrons. The molecular weight excluding hydrogens is 297 g/mol. The Hall–Kier alpha value is -0.620. The van der Waals surface area contributed by atoms with Crippen molar-refractivity contribution in [2.24, 2.45) is 0 Å². The van der Waals surface area contributed by atoms with E-state index in [1.807, 2.05) is 6.07 Å². The lowest BCUT2D eigenvalue weighted by Gasteiger charge is -2.07. The van der Waals surface area contributed by atoms with Crippen LogP contribution < -0.4 is 5.32 Å². The molecule has 0 amide bonds. The third-order valence-electron chi connectivity index (χ3n) is 2.15. The molecule has 0 fully saturated rings. The molecule has 6 heteroatoms. The van der Waals surface area contributed by atoms with Gasteiger partial charge >= 0.3 is 6.18 Å². The van der Waals surface area contributed by atoms with Gasteiger partial charge in [0.15, 0.2) is 0 Å². The van der Waals surface area contributed by atoms with E-state index in [1.54, 1.807) is 12.4 Å². The van der Waals surface area contributed by atoms with Crippen LogP contribution in [0.15, 0.2) is 22.9 Å². The third-order valence-corrected chi connectivity index (χ3v) is 2.59. The number of unbranched alkanes of at least 4 members (excludes halogenated alkanes) is 1. The minimum Gasteiger partial charge on any atom is -0.313 e. The van der Waals surface area contributed by atoms with Gasteiger partial charge in [-0.3, -0.25) is 4.98 Å². The van der Waals surface area contributed by atoms with E-state index in [1.165, 1.54) is 0 Å². The fourth-order valence-electron chi connectivity index (χ4n) is 1.36. The Morgan fingerprint density at radius 2 is 2.00 bits per heavy atom. The molecule has 0 aliphatic rings. The van der Waals surface area contributed by atoms with E-state index in [9.17, 15) is 13.2 Å². The second-order valence-corrected chi connectivity index (χ2v) is 4.68. The van der Waals surface area contributed by atoms with E-state index in [2.05, 4.69) is 26.2 Å². The largest absolute Gasteiger partial charge is 0.389 e. The minimum absolute atomic E-state index is 0.174. The van der Waals surface area contributed by atoms with Crippen LogP contribution in [0, 0.1) is 0 Å². The average molecular weight is 311 g/mol. The van der Waals surface area contributed by atoms with Crippen LogP contribution in [0.5, 0.6) is 0 Å². The molecule has 1 heterocycles. The highest BCUT2D eigenvalue weighted by Crippen LogP contribution is 2.21. The summed E-state index contributed by atoms with van der Waals surface area (Å²) in [4.78, 5) is 4.00. The van der Waals surface area contributed by atoms with Gasteiger partial charge in [-0.25, -0.2) is 0 Å². The topological polar surface area (TPSA) is 24.9 Å².